The molecule has 2 aromatic carbocycles. The highest BCUT2D eigenvalue weighted by Crippen LogP contribution is 2.15. The van der Waals surface area contributed by atoms with Crippen molar-refractivity contribution in [1.82, 2.24) is 19.8 Å². The number of imidazole rings is 1. The largest absolute Gasteiger partial charge is 0.337 e. The van der Waals surface area contributed by atoms with E-state index in [2.05, 4.69) is 33.1 Å². The lowest BCUT2D eigenvalue weighted by Gasteiger charge is -2.17. The van der Waals surface area contributed by atoms with Crippen LogP contribution in [0.5, 0.6) is 0 Å². The normalized spacial score (nSPS) is 16.0. The fourth-order valence-corrected chi connectivity index (χ4v) is 3.84. The summed E-state index contributed by atoms with van der Waals surface area (Å²) in [5.41, 5.74) is 4.08. The zero-order chi connectivity index (χ0) is 20.8. The SMILES string of the molecule is N#Cc1ccc(Cn2cncc2CCN[C@H]2CCN(Cc3ccccc3)C2=O)cc1. The smallest absolute Gasteiger partial charge is 0.240 e. The first-order valence-corrected chi connectivity index (χ1v) is 10.3. The van der Waals surface area contributed by atoms with Crippen LogP contribution in [0.3, 0.4) is 0 Å². The van der Waals surface area contributed by atoms with E-state index in [9.17, 15) is 4.79 Å². The third-order valence-electron chi connectivity index (χ3n) is 5.52. The van der Waals surface area contributed by atoms with Crippen molar-refractivity contribution in [2.24, 2.45) is 0 Å². The van der Waals surface area contributed by atoms with Crippen molar-refractivity contribution in [1.29, 1.82) is 5.26 Å². The van der Waals surface area contributed by atoms with Gasteiger partial charge in [-0.3, -0.25) is 4.79 Å². The van der Waals surface area contributed by atoms with Gasteiger partial charge in [0.1, 0.15) is 0 Å². The number of carbonyl (C=O) groups is 1. The van der Waals surface area contributed by atoms with E-state index in [4.69, 9.17) is 5.26 Å². The van der Waals surface area contributed by atoms with Crippen LogP contribution in [0, 0.1) is 11.3 Å². The topological polar surface area (TPSA) is 74.0 Å². The van der Waals surface area contributed by atoms with Gasteiger partial charge in [0.2, 0.25) is 5.91 Å². The number of nitrogens with zero attached hydrogens (tertiary/aromatic N) is 4. The third kappa shape index (κ3) is 4.76. The van der Waals surface area contributed by atoms with Crippen molar-refractivity contribution in [2.75, 3.05) is 13.1 Å². The molecular weight excluding hydrogens is 374 g/mol. The van der Waals surface area contributed by atoms with E-state index in [-0.39, 0.29) is 11.9 Å². The Labute approximate surface area is 176 Å². The minimum atomic E-state index is -0.108. The quantitative estimate of drug-likeness (QED) is 0.632. The van der Waals surface area contributed by atoms with Crippen LogP contribution in [0.2, 0.25) is 0 Å². The van der Waals surface area contributed by atoms with Crippen LogP contribution in [0.15, 0.2) is 67.1 Å². The number of hydrogen-bond acceptors (Lipinski definition) is 4. The molecule has 0 spiro atoms. The lowest BCUT2D eigenvalue weighted by Crippen LogP contribution is -2.39. The first-order chi connectivity index (χ1) is 14.7. The van der Waals surface area contributed by atoms with Crippen LogP contribution >= 0.6 is 0 Å². The predicted octanol–water partition coefficient (Wildman–Crippen LogP) is 2.74. The summed E-state index contributed by atoms with van der Waals surface area (Å²) in [5.74, 6) is 0.185. The van der Waals surface area contributed by atoms with Gasteiger partial charge in [-0.2, -0.15) is 5.26 Å². The molecule has 4 rings (SSSR count). The third-order valence-corrected chi connectivity index (χ3v) is 5.52. The molecule has 1 aliphatic rings. The summed E-state index contributed by atoms with van der Waals surface area (Å²) in [6.07, 6.45) is 5.36. The fourth-order valence-electron chi connectivity index (χ4n) is 3.84. The van der Waals surface area contributed by atoms with Crippen molar-refractivity contribution in [3.05, 3.63) is 89.5 Å². The monoisotopic (exact) mass is 399 g/mol. The molecule has 6 heteroatoms. The molecular formula is C24H25N5O. The number of carbonyl (C=O) groups excluding carboxylic acids is 1. The molecule has 0 bridgehead atoms. The Balaban J connectivity index is 1.27. The summed E-state index contributed by atoms with van der Waals surface area (Å²) in [6, 6.07) is 19.8. The number of nitrogens with one attached hydrogen (secondary N) is 1. The van der Waals surface area contributed by atoms with E-state index in [0.717, 1.165) is 37.2 Å². The molecule has 1 N–H and O–H groups in total. The van der Waals surface area contributed by atoms with Crippen molar-refractivity contribution in [3.8, 4) is 6.07 Å². The molecule has 1 saturated heterocycles. The molecule has 1 fully saturated rings. The minimum absolute atomic E-state index is 0.108. The Morgan fingerprint density at radius 3 is 2.60 bits per heavy atom. The van der Waals surface area contributed by atoms with Crippen molar-refractivity contribution >= 4 is 5.91 Å². The lowest BCUT2D eigenvalue weighted by atomic mass is 10.1. The highest BCUT2D eigenvalue weighted by atomic mass is 16.2. The number of hydrogen-bond donors (Lipinski definition) is 1. The fraction of sp³-hybridized carbons (Fsp3) is 0.292. The van der Waals surface area contributed by atoms with Crippen LogP contribution in [0.4, 0.5) is 0 Å². The van der Waals surface area contributed by atoms with Crippen molar-refractivity contribution in [3.63, 3.8) is 0 Å². The van der Waals surface area contributed by atoms with E-state index < -0.39 is 0 Å². The van der Waals surface area contributed by atoms with Crippen molar-refractivity contribution < 1.29 is 4.79 Å². The van der Waals surface area contributed by atoms with Crippen LogP contribution in [-0.4, -0.2) is 39.5 Å². The Kier molecular flexibility index (Phi) is 6.21. The van der Waals surface area contributed by atoms with Gasteiger partial charge in [-0.15, -0.1) is 0 Å². The highest BCUT2D eigenvalue weighted by Gasteiger charge is 2.30. The summed E-state index contributed by atoms with van der Waals surface area (Å²) < 4.78 is 2.11. The second kappa shape index (κ2) is 9.38. The number of benzene rings is 2. The van der Waals surface area contributed by atoms with Gasteiger partial charge in [0, 0.05) is 44.5 Å². The standard InChI is InChI=1S/C24H25N5O/c25-14-19-6-8-21(9-7-19)17-29-18-26-15-22(29)10-12-27-23-11-13-28(24(23)30)16-20-4-2-1-3-5-20/h1-9,15,18,23,27H,10-13,16-17H2/t23-/m0/s1. The van der Waals surface area contributed by atoms with Crippen LogP contribution in [-0.2, 0) is 24.3 Å². The number of amides is 1. The molecule has 1 aromatic heterocycles. The molecule has 0 unspecified atom stereocenters. The Morgan fingerprint density at radius 1 is 1.07 bits per heavy atom. The van der Waals surface area contributed by atoms with E-state index in [1.165, 1.54) is 5.56 Å². The van der Waals surface area contributed by atoms with Gasteiger partial charge < -0.3 is 14.8 Å². The molecule has 0 radical (unpaired) electrons. The summed E-state index contributed by atoms with van der Waals surface area (Å²) >= 11 is 0. The van der Waals surface area contributed by atoms with Gasteiger partial charge in [0.05, 0.1) is 24.0 Å². The zero-order valence-corrected chi connectivity index (χ0v) is 16.9. The molecule has 0 saturated carbocycles. The number of likely N-dealkylation sites (tertiary alicyclic amines) is 1. The van der Waals surface area contributed by atoms with Crippen LogP contribution in [0.25, 0.3) is 0 Å². The maximum absolute atomic E-state index is 12.7. The van der Waals surface area contributed by atoms with E-state index >= 15 is 0 Å². The summed E-state index contributed by atoms with van der Waals surface area (Å²) in [4.78, 5) is 18.9. The number of rotatable bonds is 8. The maximum atomic E-state index is 12.7. The van der Waals surface area contributed by atoms with Gasteiger partial charge in [0.15, 0.2) is 0 Å². The van der Waals surface area contributed by atoms with Crippen LogP contribution < -0.4 is 5.32 Å². The number of nitriles is 1. The highest BCUT2D eigenvalue weighted by molar-refractivity contribution is 5.83. The predicted molar refractivity (Wildman–Crippen MR) is 114 cm³/mol. The van der Waals surface area contributed by atoms with Gasteiger partial charge in [-0.25, -0.2) is 4.98 Å². The van der Waals surface area contributed by atoms with Crippen LogP contribution in [0.1, 0.15) is 28.8 Å². The summed E-state index contributed by atoms with van der Waals surface area (Å²) in [5, 5.41) is 12.3. The first kappa shape index (κ1) is 19.9. The Hall–Kier alpha value is -3.43. The summed E-state index contributed by atoms with van der Waals surface area (Å²) in [7, 11) is 0. The Bertz CT molecular complexity index is 1020. The summed E-state index contributed by atoms with van der Waals surface area (Å²) in [6.45, 7) is 2.92. The zero-order valence-electron chi connectivity index (χ0n) is 16.9. The van der Waals surface area contributed by atoms with Gasteiger partial charge >= 0.3 is 0 Å². The Morgan fingerprint density at radius 2 is 1.83 bits per heavy atom. The van der Waals surface area contributed by atoms with Gasteiger partial charge in [-0.1, -0.05) is 42.5 Å². The maximum Gasteiger partial charge on any atom is 0.240 e. The molecule has 1 atom stereocenters. The van der Waals surface area contributed by atoms with E-state index in [0.29, 0.717) is 18.7 Å². The molecule has 1 amide bonds. The van der Waals surface area contributed by atoms with Gasteiger partial charge in [0.25, 0.3) is 0 Å². The average molecular weight is 399 g/mol. The van der Waals surface area contributed by atoms with Gasteiger partial charge in [-0.05, 0) is 29.7 Å². The van der Waals surface area contributed by atoms with E-state index in [1.54, 1.807) is 0 Å². The van der Waals surface area contributed by atoms with E-state index in [1.807, 2.05) is 59.9 Å². The lowest BCUT2D eigenvalue weighted by molar-refractivity contribution is -0.129. The van der Waals surface area contributed by atoms with Crippen molar-refractivity contribution in [2.45, 2.75) is 32.0 Å². The number of aromatic nitrogens is 2. The molecule has 2 heterocycles. The molecule has 0 aliphatic carbocycles. The second-order valence-electron chi connectivity index (χ2n) is 7.61. The molecule has 6 nitrogen and oxygen atoms in total. The molecule has 152 valence electrons. The molecule has 3 aromatic rings. The molecule has 30 heavy (non-hydrogen) atoms. The minimum Gasteiger partial charge on any atom is -0.337 e. The molecule has 1 aliphatic heterocycles. The first-order valence-electron chi connectivity index (χ1n) is 10.3. The second-order valence-corrected chi connectivity index (χ2v) is 7.61. The average Bonchev–Trinajstić information content (AvgIpc) is 3.36.